The van der Waals surface area contributed by atoms with E-state index in [4.69, 9.17) is 14.0 Å². The lowest BCUT2D eigenvalue weighted by molar-refractivity contribution is -0.142. The van der Waals surface area contributed by atoms with Crippen molar-refractivity contribution in [2.24, 2.45) is 0 Å². The predicted octanol–water partition coefficient (Wildman–Crippen LogP) is 1.84. The second-order valence-electron chi connectivity index (χ2n) is 9.24. The maximum absolute atomic E-state index is 12.8. The third-order valence-corrected chi connectivity index (χ3v) is 5.16. The zero-order chi connectivity index (χ0) is 22.2. The molecule has 1 fully saturated rings. The molecule has 160 valence electrons. The first-order valence-corrected chi connectivity index (χ1v) is 9.64. The molecule has 9 heteroatoms. The van der Waals surface area contributed by atoms with Crippen LogP contribution in [0.15, 0.2) is 12.3 Å². The van der Waals surface area contributed by atoms with Gasteiger partial charge in [0.25, 0.3) is 5.91 Å². The van der Waals surface area contributed by atoms with Crippen molar-refractivity contribution in [3.8, 4) is 0 Å². The van der Waals surface area contributed by atoms with E-state index in [2.05, 4.69) is 10.3 Å². The molecule has 0 aliphatic carbocycles. The van der Waals surface area contributed by atoms with Crippen LogP contribution in [0.1, 0.15) is 58.8 Å². The number of pyridine rings is 1. The number of nitrogens with zero attached hydrogens (tertiary/aromatic N) is 2. The van der Waals surface area contributed by atoms with Gasteiger partial charge in [-0.15, -0.1) is 0 Å². The van der Waals surface area contributed by atoms with Crippen LogP contribution in [0.4, 0.5) is 5.82 Å². The first-order valence-electron chi connectivity index (χ1n) is 9.64. The van der Waals surface area contributed by atoms with Crippen LogP contribution in [-0.2, 0) is 18.8 Å². The number of nitrogens with one attached hydrogen (secondary N) is 1. The highest BCUT2D eigenvalue weighted by atomic mass is 16.7. The number of rotatable bonds is 6. The fourth-order valence-electron chi connectivity index (χ4n) is 2.73. The van der Waals surface area contributed by atoms with Crippen LogP contribution in [0.5, 0.6) is 0 Å². The van der Waals surface area contributed by atoms with E-state index in [0.29, 0.717) is 16.8 Å². The highest BCUT2D eigenvalue weighted by molar-refractivity contribution is 6.62. The molecule has 2 rings (SSSR count). The van der Waals surface area contributed by atoms with Gasteiger partial charge in [-0.1, -0.05) is 0 Å². The minimum absolute atomic E-state index is 0.137. The number of carbonyl (C=O) groups is 2. The molecule has 0 spiro atoms. The number of aromatic nitrogens is 1. The molecule has 1 saturated heterocycles. The molecule has 1 aromatic rings. The van der Waals surface area contributed by atoms with E-state index in [1.165, 1.54) is 11.8 Å². The van der Waals surface area contributed by atoms with Gasteiger partial charge in [-0.05, 0) is 47.6 Å². The summed E-state index contributed by atoms with van der Waals surface area (Å²) in [6.07, 6.45) is 1.64. The van der Waals surface area contributed by atoms with Gasteiger partial charge in [-0.3, -0.25) is 9.59 Å². The van der Waals surface area contributed by atoms with Gasteiger partial charge in [0, 0.05) is 32.7 Å². The van der Waals surface area contributed by atoms with Crippen LogP contribution in [0.2, 0.25) is 0 Å². The SMILES string of the molecule is CC(=O)OCC(C)(C)Nc1ncc(B2OC(C)(C)C(C)(C)O2)cc1C(=O)N(C)C. The van der Waals surface area contributed by atoms with Crippen LogP contribution in [-0.4, -0.2) is 66.3 Å². The Bertz CT molecular complexity index is 776. The second kappa shape index (κ2) is 7.95. The van der Waals surface area contributed by atoms with E-state index in [0.717, 1.165) is 0 Å². The third kappa shape index (κ3) is 5.28. The number of hydrogen-bond acceptors (Lipinski definition) is 7. The maximum atomic E-state index is 12.8. The van der Waals surface area contributed by atoms with Crippen molar-refractivity contribution in [3.63, 3.8) is 0 Å². The van der Waals surface area contributed by atoms with Crippen molar-refractivity contribution in [2.75, 3.05) is 26.0 Å². The molecule has 8 nitrogen and oxygen atoms in total. The Morgan fingerprint density at radius 2 is 1.76 bits per heavy atom. The monoisotopic (exact) mass is 405 g/mol. The lowest BCUT2D eigenvalue weighted by Gasteiger charge is -2.32. The van der Waals surface area contributed by atoms with E-state index in [-0.39, 0.29) is 18.5 Å². The fraction of sp³-hybridized carbons (Fsp3) is 0.650. The molecule has 0 aromatic carbocycles. The molecule has 0 radical (unpaired) electrons. The van der Waals surface area contributed by atoms with Crippen LogP contribution in [0.25, 0.3) is 0 Å². The molecule has 0 atom stereocenters. The molecule has 0 bridgehead atoms. The molecular weight excluding hydrogens is 373 g/mol. The molecule has 1 N–H and O–H groups in total. The number of anilines is 1. The summed E-state index contributed by atoms with van der Waals surface area (Å²) in [5, 5.41) is 3.21. The number of hydrogen-bond donors (Lipinski definition) is 1. The van der Waals surface area contributed by atoms with Gasteiger partial charge in [0.05, 0.1) is 22.3 Å². The topological polar surface area (TPSA) is 90.0 Å². The van der Waals surface area contributed by atoms with Gasteiger partial charge in [-0.25, -0.2) is 4.98 Å². The van der Waals surface area contributed by atoms with E-state index < -0.39 is 23.9 Å². The number of amides is 1. The Labute approximate surface area is 173 Å². The lowest BCUT2D eigenvalue weighted by atomic mass is 9.79. The Kier molecular flexibility index (Phi) is 6.35. The lowest BCUT2D eigenvalue weighted by Crippen LogP contribution is -2.41. The van der Waals surface area contributed by atoms with E-state index in [9.17, 15) is 9.59 Å². The van der Waals surface area contributed by atoms with Crippen molar-refractivity contribution >= 4 is 30.3 Å². The van der Waals surface area contributed by atoms with Crippen LogP contribution < -0.4 is 10.8 Å². The van der Waals surface area contributed by atoms with E-state index in [1.54, 1.807) is 26.4 Å². The highest BCUT2D eigenvalue weighted by Crippen LogP contribution is 2.36. The van der Waals surface area contributed by atoms with Crippen molar-refractivity contribution in [1.29, 1.82) is 0 Å². The molecule has 1 aliphatic rings. The first kappa shape index (κ1) is 23.2. The Morgan fingerprint density at radius 3 is 2.24 bits per heavy atom. The smallest absolute Gasteiger partial charge is 0.463 e. The summed E-state index contributed by atoms with van der Waals surface area (Å²) in [5.41, 5.74) is -0.555. The summed E-state index contributed by atoms with van der Waals surface area (Å²) in [6, 6.07) is 1.74. The molecule has 1 aliphatic heterocycles. The summed E-state index contributed by atoms with van der Waals surface area (Å²) in [6.45, 7) is 13.1. The summed E-state index contributed by atoms with van der Waals surface area (Å²) >= 11 is 0. The molecule has 29 heavy (non-hydrogen) atoms. The second-order valence-corrected chi connectivity index (χ2v) is 9.24. The summed E-state index contributed by atoms with van der Waals surface area (Å²) in [7, 11) is 2.74. The predicted molar refractivity (Wildman–Crippen MR) is 112 cm³/mol. The quantitative estimate of drug-likeness (QED) is 0.571. The van der Waals surface area contributed by atoms with Gasteiger partial charge in [0.15, 0.2) is 0 Å². The molecular formula is C20H32BN3O5. The van der Waals surface area contributed by atoms with Gasteiger partial charge < -0.3 is 24.3 Å². The van der Waals surface area contributed by atoms with E-state index >= 15 is 0 Å². The molecule has 0 saturated carbocycles. The molecule has 1 aromatic heterocycles. The zero-order valence-corrected chi connectivity index (χ0v) is 18.9. The number of ether oxygens (including phenoxy) is 1. The summed E-state index contributed by atoms with van der Waals surface area (Å²) in [4.78, 5) is 29.9. The van der Waals surface area contributed by atoms with Crippen molar-refractivity contribution in [1.82, 2.24) is 9.88 Å². The largest absolute Gasteiger partial charge is 0.496 e. The first-order chi connectivity index (χ1) is 13.2. The summed E-state index contributed by atoms with van der Waals surface area (Å²) < 4.78 is 17.3. The average Bonchev–Trinajstić information content (AvgIpc) is 2.80. The summed E-state index contributed by atoms with van der Waals surface area (Å²) in [5.74, 6) is -0.170. The van der Waals surface area contributed by atoms with Gasteiger partial charge in [0.2, 0.25) is 0 Å². The Morgan fingerprint density at radius 1 is 1.21 bits per heavy atom. The molecule has 1 amide bonds. The Hall–Kier alpha value is -2.13. The van der Waals surface area contributed by atoms with Crippen molar-refractivity contribution < 1.29 is 23.6 Å². The molecule has 0 unspecified atom stereocenters. The normalized spacial score (nSPS) is 17.8. The van der Waals surface area contributed by atoms with Crippen molar-refractivity contribution in [3.05, 3.63) is 17.8 Å². The van der Waals surface area contributed by atoms with Crippen LogP contribution >= 0.6 is 0 Å². The third-order valence-electron chi connectivity index (χ3n) is 5.16. The Balaban J connectivity index is 2.37. The maximum Gasteiger partial charge on any atom is 0.496 e. The van der Waals surface area contributed by atoms with Gasteiger partial charge in [0.1, 0.15) is 12.4 Å². The van der Waals surface area contributed by atoms with Crippen LogP contribution in [0.3, 0.4) is 0 Å². The number of esters is 1. The fourth-order valence-corrected chi connectivity index (χ4v) is 2.73. The van der Waals surface area contributed by atoms with Crippen LogP contribution in [0, 0.1) is 0 Å². The average molecular weight is 405 g/mol. The van der Waals surface area contributed by atoms with E-state index in [1.807, 2.05) is 41.5 Å². The van der Waals surface area contributed by atoms with Gasteiger partial charge >= 0.3 is 13.1 Å². The zero-order valence-electron chi connectivity index (χ0n) is 18.9. The van der Waals surface area contributed by atoms with Gasteiger partial charge in [-0.2, -0.15) is 0 Å². The standard InChI is InChI=1S/C20H32BN3O5/c1-13(25)27-12-18(2,3)23-16-15(17(26)24(8)9)10-14(11-22-16)21-28-19(4,5)20(6,7)29-21/h10-11H,12H2,1-9H3,(H,22,23). The van der Waals surface area contributed by atoms with Crippen molar-refractivity contribution in [2.45, 2.75) is 65.2 Å². The minimum atomic E-state index is -0.621. The number of carbonyl (C=O) groups excluding carboxylic acids is 2. The highest BCUT2D eigenvalue weighted by Gasteiger charge is 2.52. The molecule has 2 heterocycles. The minimum Gasteiger partial charge on any atom is -0.463 e.